The minimum absolute atomic E-state index is 0.0130. The van der Waals surface area contributed by atoms with Gasteiger partial charge < -0.3 is 15.0 Å². The smallest absolute Gasteiger partial charge is 0.223 e. The molecule has 0 unspecified atom stereocenters. The van der Waals surface area contributed by atoms with E-state index in [-0.39, 0.29) is 35.0 Å². The average molecular weight is 409 g/mol. The van der Waals surface area contributed by atoms with Crippen molar-refractivity contribution in [3.05, 3.63) is 18.2 Å². The summed E-state index contributed by atoms with van der Waals surface area (Å²) in [6, 6.07) is 0. The second-order valence-corrected chi connectivity index (χ2v) is 11.3. The van der Waals surface area contributed by atoms with Gasteiger partial charge in [-0.15, -0.1) is 0 Å². The third kappa shape index (κ3) is 3.27. The third-order valence-corrected chi connectivity index (χ3v) is 8.96. The molecule has 4 saturated heterocycles. The maximum atomic E-state index is 12.6. The molecule has 0 aromatic carbocycles. The number of likely N-dealkylation sites (tertiary alicyclic amines) is 1. The number of carbonyl (C=O) groups excluding carboxylic acids is 1. The summed E-state index contributed by atoms with van der Waals surface area (Å²) in [6.07, 6.45) is 6.89. The molecule has 8 nitrogen and oxygen atoms in total. The Kier molecular flexibility index (Phi) is 4.52. The van der Waals surface area contributed by atoms with Crippen LogP contribution < -0.4 is 5.32 Å². The van der Waals surface area contributed by atoms with Gasteiger partial charge in [0.1, 0.15) is 9.84 Å². The zero-order chi connectivity index (χ0) is 19.4. The highest BCUT2D eigenvalue weighted by molar-refractivity contribution is 7.91. The Bertz CT molecular complexity index is 828. The number of nitrogens with zero attached hydrogens (tertiary/aromatic N) is 2. The first-order valence-corrected chi connectivity index (χ1v) is 12.1. The number of nitrogens with one attached hydrogen (secondary N) is 2. The van der Waals surface area contributed by atoms with Crippen molar-refractivity contribution in [3.8, 4) is 0 Å². The Morgan fingerprint density at radius 1 is 1.36 bits per heavy atom. The average Bonchev–Trinajstić information content (AvgIpc) is 3.41. The number of imidazole rings is 1. The van der Waals surface area contributed by atoms with Crippen LogP contribution in [0.25, 0.3) is 0 Å². The summed E-state index contributed by atoms with van der Waals surface area (Å²) in [5, 5.41) is 3.13. The number of rotatable bonds is 5. The summed E-state index contributed by atoms with van der Waals surface area (Å²) in [5.41, 5.74) is 1.06. The first-order chi connectivity index (χ1) is 13.4. The maximum Gasteiger partial charge on any atom is 0.223 e. The quantitative estimate of drug-likeness (QED) is 0.728. The van der Waals surface area contributed by atoms with E-state index in [1.165, 1.54) is 0 Å². The highest BCUT2D eigenvalue weighted by atomic mass is 32.2. The first kappa shape index (κ1) is 18.6. The topological polar surface area (TPSA) is 104 Å². The molecule has 0 aliphatic carbocycles. The molecule has 1 aromatic heterocycles. The minimum atomic E-state index is -2.94. The number of H-pyrrole nitrogens is 1. The van der Waals surface area contributed by atoms with Crippen molar-refractivity contribution in [2.45, 2.75) is 43.9 Å². The van der Waals surface area contributed by atoms with Crippen LogP contribution in [0, 0.1) is 17.8 Å². The largest absolute Gasteiger partial charge is 0.370 e. The Hall–Kier alpha value is -1.45. The number of ether oxygens (including phenoxy) is 1. The number of aromatic amines is 1. The number of amides is 1. The molecule has 4 atom stereocenters. The van der Waals surface area contributed by atoms with Crippen LogP contribution in [0.1, 0.15) is 31.4 Å². The fourth-order valence-electron chi connectivity index (χ4n) is 5.81. The molecule has 4 aliphatic rings. The second kappa shape index (κ2) is 6.81. The van der Waals surface area contributed by atoms with Crippen LogP contribution in [0.15, 0.2) is 12.5 Å². The molecule has 5 heterocycles. The molecule has 5 rings (SSSR count). The number of fused-ring (bicyclic) bond motifs is 1. The second-order valence-electron chi connectivity index (χ2n) is 8.95. The molecule has 154 valence electrons. The molecule has 28 heavy (non-hydrogen) atoms. The molecule has 2 bridgehead atoms. The summed E-state index contributed by atoms with van der Waals surface area (Å²) < 4.78 is 29.6. The molecular weight excluding hydrogens is 380 g/mol. The number of carbonyl (C=O) groups is 1. The third-order valence-electron chi connectivity index (χ3n) is 7.24. The van der Waals surface area contributed by atoms with E-state index in [4.69, 9.17) is 4.74 Å². The van der Waals surface area contributed by atoms with Gasteiger partial charge in [0, 0.05) is 55.8 Å². The fraction of sp³-hybridized carbons (Fsp3) is 0.789. The Labute approximate surface area is 165 Å². The fourth-order valence-corrected chi connectivity index (χ4v) is 7.30. The van der Waals surface area contributed by atoms with Gasteiger partial charge in [-0.25, -0.2) is 13.4 Å². The monoisotopic (exact) mass is 408 g/mol. The van der Waals surface area contributed by atoms with E-state index in [2.05, 4.69) is 20.2 Å². The van der Waals surface area contributed by atoms with Crippen molar-refractivity contribution in [3.63, 3.8) is 0 Å². The van der Waals surface area contributed by atoms with E-state index in [1.54, 1.807) is 6.33 Å². The van der Waals surface area contributed by atoms with Gasteiger partial charge in [0.2, 0.25) is 5.91 Å². The molecule has 1 aromatic rings. The lowest BCUT2D eigenvalue weighted by Crippen LogP contribution is -2.44. The Morgan fingerprint density at radius 2 is 2.18 bits per heavy atom. The zero-order valence-electron chi connectivity index (χ0n) is 16.0. The SMILES string of the molecule is O=C(NC[C@H]1[C@H]2CN(Cc3cnc[nH]3)C[C@]23CC[C@H]1O3)C1CCS(=O)(=O)CC1. The molecule has 0 saturated carbocycles. The molecule has 4 fully saturated rings. The van der Waals surface area contributed by atoms with Crippen molar-refractivity contribution in [2.75, 3.05) is 31.1 Å². The predicted molar refractivity (Wildman–Crippen MR) is 102 cm³/mol. The van der Waals surface area contributed by atoms with Crippen LogP contribution in [0.5, 0.6) is 0 Å². The number of hydrogen-bond acceptors (Lipinski definition) is 6. The molecule has 9 heteroatoms. The van der Waals surface area contributed by atoms with E-state index >= 15 is 0 Å². The highest BCUT2D eigenvalue weighted by Gasteiger charge is 2.62. The van der Waals surface area contributed by atoms with Gasteiger partial charge >= 0.3 is 0 Å². The van der Waals surface area contributed by atoms with Gasteiger partial charge in [0.15, 0.2) is 0 Å². The van der Waals surface area contributed by atoms with Crippen LogP contribution in [0.2, 0.25) is 0 Å². The lowest BCUT2D eigenvalue weighted by molar-refractivity contribution is -0.125. The summed E-state index contributed by atoms with van der Waals surface area (Å²) in [5.74, 6) is 0.901. The van der Waals surface area contributed by atoms with Crippen molar-refractivity contribution in [1.82, 2.24) is 20.2 Å². The summed E-state index contributed by atoms with van der Waals surface area (Å²) >= 11 is 0. The van der Waals surface area contributed by atoms with Gasteiger partial charge in [-0.05, 0) is 25.7 Å². The van der Waals surface area contributed by atoms with E-state index in [0.717, 1.165) is 38.2 Å². The lowest BCUT2D eigenvalue weighted by Gasteiger charge is -2.30. The van der Waals surface area contributed by atoms with Crippen molar-refractivity contribution >= 4 is 15.7 Å². The summed E-state index contributed by atoms with van der Waals surface area (Å²) in [6.45, 7) is 3.41. The van der Waals surface area contributed by atoms with E-state index < -0.39 is 9.84 Å². The summed E-state index contributed by atoms with van der Waals surface area (Å²) in [7, 11) is -2.94. The molecule has 1 spiro atoms. The lowest BCUT2D eigenvalue weighted by atomic mass is 9.73. The number of hydrogen-bond donors (Lipinski definition) is 2. The molecular formula is C19H28N4O4S. The highest BCUT2D eigenvalue weighted by Crippen LogP contribution is 2.54. The normalized spacial score (nSPS) is 37.2. The van der Waals surface area contributed by atoms with Crippen LogP contribution in [0.4, 0.5) is 0 Å². The minimum Gasteiger partial charge on any atom is -0.370 e. The zero-order valence-corrected chi connectivity index (χ0v) is 16.8. The van der Waals surface area contributed by atoms with Gasteiger partial charge in [0.05, 0.1) is 29.5 Å². The van der Waals surface area contributed by atoms with E-state index in [0.29, 0.717) is 31.2 Å². The van der Waals surface area contributed by atoms with E-state index in [9.17, 15) is 13.2 Å². The maximum absolute atomic E-state index is 12.6. The van der Waals surface area contributed by atoms with Crippen LogP contribution >= 0.6 is 0 Å². The van der Waals surface area contributed by atoms with Gasteiger partial charge in [-0.1, -0.05) is 0 Å². The summed E-state index contributed by atoms with van der Waals surface area (Å²) in [4.78, 5) is 22.3. The number of aromatic nitrogens is 2. The van der Waals surface area contributed by atoms with Crippen LogP contribution in [-0.4, -0.2) is 72.0 Å². The Balaban J connectivity index is 1.19. The van der Waals surface area contributed by atoms with Crippen LogP contribution in [-0.2, 0) is 25.9 Å². The first-order valence-electron chi connectivity index (χ1n) is 10.3. The Morgan fingerprint density at radius 3 is 2.93 bits per heavy atom. The van der Waals surface area contributed by atoms with Crippen molar-refractivity contribution in [2.24, 2.45) is 17.8 Å². The molecule has 1 amide bonds. The van der Waals surface area contributed by atoms with Crippen molar-refractivity contribution in [1.29, 1.82) is 0 Å². The van der Waals surface area contributed by atoms with Gasteiger partial charge in [-0.2, -0.15) is 0 Å². The van der Waals surface area contributed by atoms with Gasteiger partial charge in [-0.3, -0.25) is 9.69 Å². The predicted octanol–water partition coefficient (Wildman–Crippen LogP) is 0.330. The molecule has 4 aliphatic heterocycles. The van der Waals surface area contributed by atoms with Crippen molar-refractivity contribution < 1.29 is 17.9 Å². The molecule has 2 N–H and O–H groups in total. The van der Waals surface area contributed by atoms with E-state index in [1.807, 2.05) is 6.20 Å². The standard InChI is InChI=1S/C19H28N4O4S/c24-18(13-2-5-28(25,26)6-3-13)21-8-15-16-10-23(9-14-7-20-12-22-14)11-19(16)4-1-17(15)27-19/h7,12-13,15-17H,1-6,8-11H2,(H,20,22)(H,21,24)/t15-,16+,17+,19+/m0/s1. The number of sulfone groups is 1. The molecule has 0 radical (unpaired) electrons. The van der Waals surface area contributed by atoms with Crippen LogP contribution in [0.3, 0.4) is 0 Å². The van der Waals surface area contributed by atoms with Gasteiger partial charge in [0.25, 0.3) is 0 Å².